The van der Waals surface area contributed by atoms with Crippen LogP contribution in [0.5, 0.6) is 5.75 Å². The Labute approximate surface area is 279 Å². The zero-order valence-electron chi connectivity index (χ0n) is 26.9. The first-order chi connectivity index (χ1) is 23.5. The molecular formula is C33H35N9O7. The molecule has 0 radical (unpaired) electrons. The van der Waals surface area contributed by atoms with E-state index < -0.39 is 48.1 Å². The number of rotatable bonds is 13. The van der Waals surface area contributed by atoms with Gasteiger partial charge in [0.2, 0.25) is 23.7 Å². The number of carbonyl (C=O) groups is 6. The van der Waals surface area contributed by atoms with Crippen molar-refractivity contribution in [2.24, 2.45) is 5.73 Å². The Kier molecular flexibility index (Phi) is 9.11. The zero-order valence-corrected chi connectivity index (χ0v) is 26.9. The van der Waals surface area contributed by atoms with Gasteiger partial charge in [0.1, 0.15) is 17.6 Å². The molecule has 2 aromatic heterocycles. The third kappa shape index (κ3) is 6.57. The molecule has 6 amide bonds. The first-order valence-electron chi connectivity index (χ1n) is 15.9. The van der Waals surface area contributed by atoms with Gasteiger partial charge in [-0.2, -0.15) is 5.10 Å². The van der Waals surface area contributed by atoms with Crippen molar-refractivity contribution in [3.8, 4) is 5.75 Å². The van der Waals surface area contributed by atoms with Crippen molar-refractivity contribution in [3.63, 3.8) is 0 Å². The number of primary amides is 1. The number of nitrogens with zero attached hydrogens (tertiary/aromatic N) is 5. The van der Waals surface area contributed by atoms with E-state index in [4.69, 9.17) is 15.5 Å². The Hall–Kier alpha value is -6.06. The summed E-state index contributed by atoms with van der Waals surface area (Å²) in [5.41, 5.74) is 8.15. The molecular weight excluding hydrogens is 634 g/mol. The average Bonchev–Trinajstić information content (AvgIpc) is 3.69. The number of aryl methyl sites for hydroxylation is 3. The molecule has 4 heterocycles. The van der Waals surface area contributed by atoms with Gasteiger partial charge < -0.3 is 25.7 Å². The number of imide groups is 2. The molecule has 4 aromatic rings. The number of amides is 6. The van der Waals surface area contributed by atoms with Gasteiger partial charge in [0.05, 0.1) is 27.9 Å². The van der Waals surface area contributed by atoms with Gasteiger partial charge in [-0.25, -0.2) is 9.67 Å². The highest BCUT2D eigenvalue weighted by Gasteiger charge is 2.46. The van der Waals surface area contributed by atoms with Crippen LogP contribution in [0.3, 0.4) is 0 Å². The number of benzene rings is 2. The van der Waals surface area contributed by atoms with E-state index in [1.807, 2.05) is 29.2 Å². The Balaban J connectivity index is 1.05. The van der Waals surface area contributed by atoms with E-state index in [1.54, 1.807) is 18.2 Å². The van der Waals surface area contributed by atoms with Gasteiger partial charge in [-0.3, -0.25) is 39.0 Å². The Bertz CT molecular complexity index is 2010. The molecule has 0 saturated carbocycles. The average molecular weight is 670 g/mol. The second kappa shape index (κ2) is 13.6. The van der Waals surface area contributed by atoms with Crippen molar-refractivity contribution < 1.29 is 33.5 Å². The summed E-state index contributed by atoms with van der Waals surface area (Å²) < 4.78 is 9.50. The van der Waals surface area contributed by atoms with Crippen molar-refractivity contribution in [2.45, 2.75) is 58.7 Å². The molecule has 49 heavy (non-hydrogen) atoms. The van der Waals surface area contributed by atoms with Crippen molar-refractivity contribution in [1.82, 2.24) is 34.9 Å². The number of aromatic nitrogens is 4. The van der Waals surface area contributed by atoms with Gasteiger partial charge in [0, 0.05) is 37.7 Å². The first-order valence-corrected chi connectivity index (χ1v) is 15.9. The number of hydrogen-bond donors (Lipinski definition) is 4. The van der Waals surface area contributed by atoms with Gasteiger partial charge in [-0.05, 0) is 63.4 Å². The van der Waals surface area contributed by atoms with Crippen molar-refractivity contribution in [1.29, 1.82) is 0 Å². The quantitative estimate of drug-likeness (QED) is 0.120. The largest absolute Gasteiger partial charge is 0.483 e. The van der Waals surface area contributed by atoms with Crippen LogP contribution in [-0.2, 0) is 27.5 Å². The molecule has 5 N–H and O–H groups in total. The lowest BCUT2D eigenvalue weighted by molar-refractivity contribution is -0.136. The van der Waals surface area contributed by atoms with Crippen LogP contribution in [0, 0.1) is 6.92 Å². The highest BCUT2D eigenvalue weighted by molar-refractivity contribution is 6.24. The fourth-order valence-corrected chi connectivity index (χ4v) is 6.03. The molecule has 1 fully saturated rings. The lowest BCUT2D eigenvalue weighted by Gasteiger charge is -2.27. The molecule has 254 valence electrons. The van der Waals surface area contributed by atoms with Gasteiger partial charge in [0.25, 0.3) is 17.7 Å². The molecule has 16 nitrogen and oxygen atoms in total. The minimum atomic E-state index is -1.11. The standard InChI is InChI=1S/C33H35N9O7/c1-3-41-25(15-18(2)39-41)37-33-36-21-16-19(29(34)45)9-10-22(21)40(33)14-5-4-13-35-27(44)17-49-24-8-6-7-20-28(24)32(48)42(31(20)47)23-11-12-26(43)38-30(23)46/h6-10,15-16,23H,3-5,11-14,17H2,1-2H3,(H2,34,45)(H,35,44)(H,36,37)(H,38,43,46). The van der Waals surface area contributed by atoms with E-state index in [0.717, 1.165) is 21.9 Å². The topological polar surface area (TPSA) is 213 Å². The predicted octanol–water partition coefficient (Wildman–Crippen LogP) is 1.78. The Morgan fingerprint density at radius 2 is 1.90 bits per heavy atom. The summed E-state index contributed by atoms with van der Waals surface area (Å²) in [7, 11) is 0. The van der Waals surface area contributed by atoms with Gasteiger partial charge in [0.15, 0.2) is 6.61 Å². The lowest BCUT2D eigenvalue weighted by Crippen LogP contribution is -2.54. The van der Waals surface area contributed by atoms with E-state index >= 15 is 0 Å². The van der Waals surface area contributed by atoms with Crippen LogP contribution in [0.15, 0.2) is 42.5 Å². The van der Waals surface area contributed by atoms with Crippen LogP contribution in [0.25, 0.3) is 11.0 Å². The number of hydrogen-bond acceptors (Lipinski definition) is 10. The molecule has 2 aliphatic heterocycles. The summed E-state index contributed by atoms with van der Waals surface area (Å²) in [6.07, 6.45) is 1.33. The summed E-state index contributed by atoms with van der Waals surface area (Å²) in [6, 6.07) is 10.4. The van der Waals surface area contributed by atoms with Crippen LogP contribution < -0.4 is 26.4 Å². The van der Waals surface area contributed by atoms with E-state index in [0.29, 0.717) is 49.5 Å². The summed E-state index contributed by atoms with van der Waals surface area (Å²) in [6.45, 7) is 5.05. The fourth-order valence-electron chi connectivity index (χ4n) is 6.03. The van der Waals surface area contributed by atoms with Crippen LogP contribution in [0.4, 0.5) is 11.8 Å². The minimum Gasteiger partial charge on any atom is -0.483 e. The second-order valence-electron chi connectivity index (χ2n) is 11.7. The predicted molar refractivity (Wildman–Crippen MR) is 175 cm³/mol. The maximum atomic E-state index is 13.3. The molecule has 2 aromatic carbocycles. The summed E-state index contributed by atoms with van der Waals surface area (Å²) in [5, 5.41) is 12.8. The SMILES string of the molecule is CCn1nc(C)cc1Nc1nc2cc(C(N)=O)ccc2n1CCCCNC(=O)COc1cccc2c1C(=O)N(C1CCC(=O)NC1=O)C2=O. The maximum Gasteiger partial charge on any atom is 0.266 e. The summed E-state index contributed by atoms with van der Waals surface area (Å²) >= 11 is 0. The van der Waals surface area contributed by atoms with Gasteiger partial charge in [-0.15, -0.1) is 0 Å². The molecule has 16 heteroatoms. The number of fused-ring (bicyclic) bond motifs is 2. The number of imidazole rings is 1. The summed E-state index contributed by atoms with van der Waals surface area (Å²) in [5.74, 6) is -2.12. The Morgan fingerprint density at radius 1 is 1.08 bits per heavy atom. The molecule has 2 aliphatic rings. The smallest absolute Gasteiger partial charge is 0.266 e. The van der Waals surface area contributed by atoms with Gasteiger partial charge in [-0.1, -0.05) is 6.07 Å². The number of nitrogens with two attached hydrogens (primary N) is 1. The van der Waals surface area contributed by atoms with E-state index in [9.17, 15) is 28.8 Å². The van der Waals surface area contributed by atoms with Crippen LogP contribution >= 0.6 is 0 Å². The highest BCUT2D eigenvalue weighted by atomic mass is 16.5. The monoisotopic (exact) mass is 669 g/mol. The molecule has 1 saturated heterocycles. The number of nitrogens with one attached hydrogen (secondary N) is 3. The van der Waals surface area contributed by atoms with E-state index in [2.05, 4.69) is 21.0 Å². The first kappa shape index (κ1) is 32.9. The molecule has 1 atom stereocenters. The van der Waals surface area contributed by atoms with E-state index in [-0.39, 0.29) is 29.7 Å². The van der Waals surface area contributed by atoms with Crippen LogP contribution in [0.1, 0.15) is 69.4 Å². The van der Waals surface area contributed by atoms with Crippen molar-refractivity contribution in [3.05, 3.63) is 64.8 Å². The molecule has 0 aliphatic carbocycles. The summed E-state index contributed by atoms with van der Waals surface area (Å²) in [4.78, 5) is 80.2. The van der Waals surface area contributed by atoms with Crippen molar-refractivity contribution >= 4 is 58.2 Å². The fraction of sp³-hybridized carbons (Fsp3) is 0.333. The Morgan fingerprint density at radius 3 is 2.65 bits per heavy atom. The molecule has 0 bridgehead atoms. The van der Waals surface area contributed by atoms with E-state index in [1.165, 1.54) is 18.2 Å². The number of carbonyl (C=O) groups excluding carboxylic acids is 6. The maximum absolute atomic E-state index is 13.3. The minimum absolute atomic E-state index is 0.00717. The third-order valence-corrected chi connectivity index (χ3v) is 8.39. The van der Waals surface area contributed by atoms with Crippen LogP contribution in [0.2, 0.25) is 0 Å². The highest BCUT2D eigenvalue weighted by Crippen LogP contribution is 2.33. The number of anilines is 2. The number of unbranched alkanes of at least 4 members (excludes halogenated alkanes) is 1. The molecule has 6 rings (SSSR count). The van der Waals surface area contributed by atoms with Crippen LogP contribution in [-0.4, -0.2) is 78.9 Å². The third-order valence-electron chi connectivity index (χ3n) is 8.39. The molecule has 1 unspecified atom stereocenters. The lowest BCUT2D eigenvalue weighted by atomic mass is 10.0. The number of piperidine rings is 1. The molecule has 0 spiro atoms. The normalized spacial score (nSPS) is 15.8. The second-order valence-corrected chi connectivity index (χ2v) is 11.7. The van der Waals surface area contributed by atoms with Gasteiger partial charge >= 0.3 is 0 Å². The zero-order chi connectivity index (χ0) is 34.8. The van der Waals surface area contributed by atoms with Crippen molar-refractivity contribution in [2.75, 3.05) is 18.5 Å². The number of ether oxygens (including phenoxy) is 1.